The van der Waals surface area contributed by atoms with Gasteiger partial charge in [0.25, 0.3) is 5.91 Å². The highest BCUT2D eigenvalue weighted by Crippen LogP contribution is 2.26. The smallest absolute Gasteiger partial charge is 0.341 e. The summed E-state index contributed by atoms with van der Waals surface area (Å²) in [5.41, 5.74) is 1.88. The monoisotopic (exact) mass is 391 g/mol. The molecule has 0 fully saturated rings. The molecule has 0 saturated heterocycles. The van der Waals surface area contributed by atoms with Crippen LogP contribution in [0.5, 0.6) is 11.5 Å². The molecule has 7 heteroatoms. The van der Waals surface area contributed by atoms with E-state index in [0.717, 1.165) is 11.1 Å². The average molecular weight is 392 g/mol. The fourth-order valence-corrected chi connectivity index (χ4v) is 2.60. The number of likely N-dealkylation sites (N-methyl/N-ethyl adjacent to an activating group) is 1. The van der Waals surface area contributed by atoms with Gasteiger partial charge >= 0.3 is 5.97 Å². The summed E-state index contributed by atoms with van der Waals surface area (Å²) in [7, 11) is 1.69. The van der Waals surface area contributed by atoms with Gasteiger partial charge in [-0.15, -0.1) is 0 Å². The van der Waals surface area contributed by atoms with Gasteiger partial charge in [0, 0.05) is 13.6 Å². The molecule has 1 unspecified atom stereocenters. The van der Waals surface area contributed by atoms with E-state index in [0.29, 0.717) is 23.1 Å². The molecule has 0 radical (unpaired) electrons. The van der Waals surface area contributed by atoms with Crippen molar-refractivity contribution in [1.82, 2.24) is 4.90 Å². The van der Waals surface area contributed by atoms with Crippen molar-refractivity contribution in [3.8, 4) is 11.5 Å². The number of aryl methyl sites for hydroxylation is 1. The number of carbonyl (C=O) groups is 2. The Morgan fingerprint density at radius 1 is 1.19 bits per heavy atom. The van der Waals surface area contributed by atoms with Crippen molar-refractivity contribution in [3.63, 3.8) is 0 Å². The molecule has 0 spiro atoms. The Labute approximate surface area is 163 Å². The van der Waals surface area contributed by atoms with Gasteiger partial charge in [0.2, 0.25) is 0 Å². The molecule has 27 heavy (non-hydrogen) atoms. The predicted octanol–water partition coefficient (Wildman–Crippen LogP) is 3.54. The van der Waals surface area contributed by atoms with E-state index in [1.165, 1.54) is 0 Å². The molecular formula is C20H22ClNO5. The van der Waals surface area contributed by atoms with Crippen LogP contribution < -0.4 is 9.47 Å². The Morgan fingerprint density at radius 2 is 1.85 bits per heavy atom. The summed E-state index contributed by atoms with van der Waals surface area (Å²) in [5.74, 6) is -0.280. The molecular weight excluding hydrogens is 370 g/mol. The van der Waals surface area contributed by atoms with Crippen molar-refractivity contribution in [2.24, 2.45) is 0 Å². The molecule has 1 amide bonds. The quantitative estimate of drug-likeness (QED) is 0.744. The van der Waals surface area contributed by atoms with Gasteiger partial charge in [-0.2, -0.15) is 0 Å². The van der Waals surface area contributed by atoms with Gasteiger partial charge in [0.1, 0.15) is 11.5 Å². The van der Waals surface area contributed by atoms with E-state index >= 15 is 0 Å². The van der Waals surface area contributed by atoms with Crippen LogP contribution >= 0.6 is 11.6 Å². The molecule has 2 aromatic carbocycles. The Kier molecular flexibility index (Phi) is 7.07. The van der Waals surface area contributed by atoms with E-state index in [1.54, 1.807) is 55.3 Å². The van der Waals surface area contributed by atoms with Crippen molar-refractivity contribution < 1.29 is 24.2 Å². The van der Waals surface area contributed by atoms with E-state index in [2.05, 4.69) is 0 Å². The minimum atomic E-state index is -1.04. The first-order chi connectivity index (χ1) is 12.8. The highest BCUT2D eigenvalue weighted by atomic mass is 35.5. The highest BCUT2D eigenvalue weighted by Gasteiger charge is 2.20. The summed E-state index contributed by atoms with van der Waals surface area (Å²) in [6, 6.07) is 12.3. The van der Waals surface area contributed by atoms with Crippen LogP contribution in [-0.2, 0) is 16.1 Å². The van der Waals surface area contributed by atoms with Crippen LogP contribution in [0.1, 0.15) is 18.1 Å². The van der Waals surface area contributed by atoms with Crippen molar-refractivity contribution in [2.45, 2.75) is 26.5 Å². The van der Waals surface area contributed by atoms with Gasteiger partial charge in [-0.1, -0.05) is 29.8 Å². The topological polar surface area (TPSA) is 76.1 Å². The first kappa shape index (κ1) is 20.6. The Morgan fingerprint density at radius 3 is 2.48 bits per heavy atom. The maximum atomic E-state index is 12.6. The van der Waals surface area contributed by atoms with Crippen LogP contribution in [0.3, 0.4) is 0 Å². The summed E-state index contributed by atoms with van der Waals surface area (Å²) in [6.07, 6.45) is -0.688. The fourth-order valence-electron chi connectivity index (χ4n) is 2.44. The minimum absolute atomic E-state index is 0.182. The lowest BCUT2D eigenvalue weighted by Crippen LogP contribution is -2.37. The third-order valence-corrected chi connectivity index (χ3v) is 4.13. The second-order valence-electron chi connectivity index (χ2n) is 6.21. The van der Waals surface area contributed by atoms with E-state index in [9.17, 15) is 9.59 Å². The molecule has 2 aromatic rings. The molecule has 2 rings (SSSR count). The lowest BCUT2D eigenvalue weighted by atomic mass is 10.2. The first-order valence-electron chi connectivity index (χ1n) is 8.37. The average Bonchev–Trinajstić information content (AvgIpc) is 2.63. The summed E-state index contributed by atoms with van der Waals surface area (Å²) < 4.78 is 10.8. The number of rotatable bonds is 8. The van der Waals surface area contributed by atoms with Crippen molar-refractivity contribution in [2.75, 3.05) is 13.7 Å². The second-order valence-corrected chi connectivity index (χ2v) is 6.62. The van der Waals surface area contributed by atoms with Crippen molar-refractivity contribution in [1.29, 1.82) is 0 Å². The third-order valence-electron chi connectivity index (χ3n) is 3.82. The van der Waals surface area contributed by atoms with Crippen LogP contribution in [0.25, 0.3) is 0 Å². The van der Waals surface area contributed by atoms with E-state index in [4.69, 9.17) is 26.2 Å². The normalized spacial score (nSPS) is 11.6. The maximum absolute atomic E-state index is 12.6. The van der Waals surface area contributed by atoms with Crippen LogP contribution in [0, 0.1) is 6.92 Å². The first-order valence-corrected chi connectivity index (χ1v) is 8.75. The number of benzene rings is 2. The molecule has 0 aromatic heterocycles. The van der Waals surface area contributed by atoms with Crippen LogP contribution in [0.15, 0.2) is 42.5 Å². The van der Waals surface area contributed by atoms with Gasteiger partial charge in [0.15, 0.2) is 12.7 Å². The number of hydrogen-bond acceptors (Lipinski definition) is 4. The van der Waals surface area contributed by atoms with Gasteiger partial charge in [0.05, 0.1) is 5.02 Å². The Balaban J connectivity index is 1.94. The lowest BCUT2D eigenvalue weighted by Gasteiger charge is -2.23. The fraction of sp³-hybridized carbons (Fsp3) is 0.300. The predicted molar refractivity (Wildman–Crippen MR) is 102 cm³/mol. The molecule has 6 nitrogen and oxygen atoms in total. The summed E-state index contributed by atoms with van der Waals surface area (Å²) in [5, 5.41) is 9.07. The van der Waals surface area contributed by atoms with Gasteiger partial charge < -0.3 is 19.5 Å². The maximum Gasteiger partial charge on any atom is 0.341 e. The van der Waals surface area contributed by atoms with Crippen LogP contribution in [0.2, 0.25) is 5.02 Å². The number of ether oxygens (including phenoxy) is 2. The summed E-state index contributed by atoms with van der Waals surface area (Å²) in [6.45, 7) is 3.59. The molecule has 144 valence electrons. The number of carbonyl (C=O) groups excluding carboxylic acids is 1. The van der Waals surface area contributed by atoms with Crippen LogP contribution in [0.4, 0.5) is 0 Å². The Bertz CT molecular complexity index is 807. The second kappa shape index (κ2) is 9.28. The third kappa shape index (κ3) is 6.18. The number of hydrogen-bond donors (Lipinski definition) is 1. The molecule has 0 heterocycles. The number of amides is 1. The van der Waals surface area contributed by atoms with Crippen molar-refractivity contribution in [3.05, 3.63) is 58.6 Å². The SMILES string of the molecule is Cc1ccc(Cl)c(OC(C)C(=O)N(C)Cc2ccc(OCC(=O)O)cc2)c1. The molecule has 0 aliphatic heterocycles. The standard InChI is InChI=1S/C20H22ClNO5/c1-13-4-9-17(21)18(10-13)27-14(2)20(25)22(3)11-15-5-7-16(8-6-15)26-12-19(23)24/h4-10,14H,11-12H2,1-3H3,(H,23,24). The number of carboxylic acids is 1. The van der Waals surface area contributed by atoms with E-state index in [-0.39, 0.29) is 5.91 Å². The van der Waals surface area contributed by atoms with Gasteiger partial charge in [-0.3, -0.25) is 4.79 Å². The Hall–Kier alpha value is -2.73. The van der Waals surface area contributed by atoms with Crippen LogP contribution in [-0.4, -0.2) is 41.6 Å². The minimum Gasteiger partial charge on any atom is -0.482 e. The number of halogens is 1. The van der Waals surface area contributed by atoms with Crippen molar-refractivity contribution >= 4 is 23.5 Å². The zero-order valence-corrected chi connectivity index (χ0v) is 16.2. The zero-order chi connectivity index (χ0) is 20.0. The summed E-state index contributed by atoms with van der Waals surface area (Å²) >= 11 is 6.12. The summed E-state index contributed by atoms with van der Waals surface area (Å²) in [4.78, 5) is 24.6. The number of aliphatic carboxylic acids is 1. The molecule has 0 aliphatic carbocycles. The molecule has 0 saturated carbocycles. The van der Waals surface area contributed by atoms with Gasteiger partial charge in [-0.25, -0.2) is 4.79 Å². The number of nitrogens with zero attached hydrogens (tertiary/aromatic N) is 1. The van der Waals surface area contributed by atoms with E-state index < -0.39 is 18.7 Å². The molecule has 1 N–H and O–H groups in total. The zero-order valence-electron chi connectivity index (χ0n) is 15.4. The lowest BCUT2D eigenvalue weighted by molar-refractivity contribution is -0.139. The van der Waals surface area contributed by atoms with E-state index in [1.807, 2.05) is 13.0 Å². The largest absolute Gasteiger partial charge is 0.482 e. The molecule has 1 atom stereocenters. The molecule has 0 aliphatic rings. The number of carboxylic acid groups (broad SMARTS) is 1. The highest BCUT2D eigenvalue weighted by molar-refractivity contribution is 6.32. The van der Waals surface area contributed by atoms with Gasteiger partial charge in [-0.05, 0) is 49.2 Å². The molecule has 0 bridgehead atoms.